The van der Waals surface area contributed by atoms with E-state index < -0.39 is 0 Å². The summed E-state index contributed by atoms with van der Waals surface area (Å²) in [6.07, 6.45) is 3.66. The van der Waals surface area contributed by atoms with Crippen molar-refractivity contribution in [3.05, 3.63) is 78.8 Å². The number of carbonyl (C=O) groups is 1. The standard InChI is InChI=1S/C20H15Cl4NO/c1-11-15(7-13-3-5-17(22)19(24)9-13)20(26)14(10-25-11)6-12-2-4-16(21)18(23)8-12/h2-9,11,25H,10H2,1H3/b14-6+,15-7+. The number of rotatable bonds is 2. The summed E-state index contributed by atoms with van der Waals surface area (Å²) in [5.41, 5.74) is 2.98. The summed E-state index contributed by atoms with van der Waals surface area (Å²) in [6, 6.07) is 10.5. The lowest BCUT2D eigenvalue weighted by atomic mass is 9.90. The summed E-state index contributed by atoms with van der Waals surface area (Å²) in [5, 5.41) is 5.20. The first-order valence-electron chi connectivity index (χ1n) is 7.95. The van der Waals surface area contributed by atoms with E-state index in [2.05, 4.69) is 5.32 Å². The number of carbonyl (C=O) groups excluding carboxylic acids is 1. The molecule has 2 aromatic rings. The van der Waals surface area contributed by atoms with Crippen molar-refractivity contribution >= 4 is 64.3 Å². The molecule has 3 rings (SSSR count). The Hall–Kier alpha value is -1.29. The molecule has 6 heteroatoms. The number of benzene rings is 2. The highest BCUT2D eigenvalue weighted by atomic mass is 35.5. The minimum absolute atomic E-state index is 0.00612. The zero-order chi connectivity index (χ0) is 18.8. The normalized spacial score (nSPS) is 20.8. The zero-order valence-corrected chi connectivity index (χ0v) is 16.8. The van der Waals surface area contributed by atoms with Crippen LogP contribution in [0, 0.1) is 0 Å². The van der Waals surface area contributed by atoms with Crippen LogP contribution in [-0.2, 0) is 4.79 Å². The maximum Gasteiger partial charge on any atom is 0.187 e. The highest BCUT2D eigenvalue weighted by Crippen LogP contribution is 2.27. The highest BCUT2D eigenvalue weighted by molar-refractivity contribution is 6.42. The van der Waals surface area contributed by atoms with E-state index in [9.17, 15) is 4.79 Å². The summed E-state index contributed by atoms with van der Waals surface area (Å²) in [6.45, 7) is 2.44. The van der Waals surface area contributed by atoms with Crippen molar-refractivity contribution < 1.29 is 4.79 Å². The molecule has 0 bridgehead atoms. The van der Waals surface area contributed by atoms with Crippen LogP contribution in [0.15, 0.2) is 47.5 Å². The predicted molar refractivity (Wildman–Crippen MR) is 111 cm³/mol. The predicted octanol–water partition coefficient (Wildman–Crippen LogP) is 6.33. The SMILES string of the molecule is CC1NC/C(=C\c2ccc(Cl)c(Cl)c2)C(=O)/C1=C/c1ccc(Cl)c(Cl)c1. The van der Waals surface area contributed by atoms with Gasteiger partial charge in [-0.2, -0.15) is 0 Å². The quantitative estimate of drug-likeness (QED) is 0.568. The monoisotopic (exact) mass is 425 g/mol. The number of piperidine rings is 1. The fraction of sp³-hybridized carbons (Fsp3) is 0.150. The average Bonchev–Trinajstić information content (AvgIpc) is 2.60. The molecule has 26 heavy (non-hydrogen) atoms. The number of halogens is 4. The second kappa shape index (κ2) is 8.16. The summed E-state index contributed by atoms with van der Waals surface area (Å²) in [7, 11) is 0. The largest absolute Gasteiger partial charge is 0.306 e. The molecule has 0 radical (unpaired) electrons. The Bertz CT molecular complexity index is 933. The third-order valence-corrected chi connectivity index (χ3v) is 5.65. The van der Waals surface area contributed by atoms with E-state index in [1.54, 1.807) is 24.3 Å². The Kier molecular flexibility index (Phi) is 6.11. The molecule has 0 saturated carbocycles. The molecule has 1 aliphatic rings. The smallest absolute Gasteiger partial charge is 0.187 e. The first-order chi connectivity index (χ1) is 12.3. The molecule has 1 aliphatic heterocycles. The summed E-state index contributed by atoms with van der Waals surface area (Å²) < 4.78 is 0. The molecule has 1 heterocycles. The Morgan fingerprint density at radius 1 is 0.885 bits per heavy atom. The van der Waals surface area contributed by atoms with E-state index in [0.29, 0.717) is 37.8 Å². The number of Topliss-reactive ketones (excluding diaryl/α,β-unsaturated/α-hetero) is 1. The molecule has 1 fully saturated rings. The third kappa shape index (κ3) is 4.33. The summed E-state index contributed by atoms with van der Waals surface area (Å²) in [5.74, 6) is -0.00612. The Balaban J connectivity index is 1.94. The molecule has 0 aromatic heterocycles. The van der Waals surface area contributed by atoms with Gasteiger partial charge >= 0.3 is 0 Å². The molecule has 1 unspecified atom stereocenters. The maximum atomic E-state index is 13.0. The van der Waals surface area contributed by atoms with Crippen molar-refractivity contribution in [2.75, 3.05) is 6.54 Å². The zero-order valence-electron chi connectivity index (χ0n) is 13.8. The van der Waals surface area contributed by atoms with Gasteiger partial charge in [0.25, 0.3) is 0 Å². The van der Waals surface area contributed by atoms with Crippen LogP contribution in [0.1, 0.15) is 18.1 Å². The van der Waals surface area contributed by atoms with Crippen molar-refractivity contribution in [1.29, 1.82) is 0 Å². The van der Waals surface area contributed by atoms with Crippen LogP contribution in [0.25, 0.3) is 12.2 Å². The first-order valence-corrected chi connectivity index (χ1v) is 9.46. The number of ketones is 1. The van der Waals surface area contributed by atoms with Crippen LogP contribution in [0.2, 0.25) is 20.1 Å². The third-order valence-electron chi connectivity index (χ3n) is 4.17. The topological polar surface area (TPSA) is 29.1 Å². The molecule has 2 aromatic carbocycles. The Labute approximate surface area is 172 Å². The second-order valence-corrected chi connectivity index (χ2v) is 7.68. The van der Waals surface area contributed by atoms with Gasteiger partial charge in [0.15, 0.2) is 5.78 Å². The molecule has 0 amide bonds. The summed E-state index contributed by atoms with van der Waals surface area (Å²) >= 11 is 24.0. The van der Waals surface area contributed by atoms with E-state index in [1.165, 1.54) is 0 Å². The minimum atomic E-state index is -0.0668. The maximum absolute atomic E-state index is 13.0. The van der Waals surface area contributed by atoms with Crippen molar-refractivity contribution in [2.24, 2.45) is 0 Å². The van der Waals surface area contributed by atoms with Crippen LogP contribution in [-0.4, -0.2) is 18.4 Å². The highest BCUT2D eigenvalue weighted by Gasteiger charge is 2.26. The fourth-order valence-electron chi connectivity index (χ4n) is 2.73. The number of hydrogen-bond acceptors (Lipinski definition) is 2. The van der Waals surface area contributed by atoms with E-state index in [1.807, 2.05) is 31.2 Å². The fourth-order valence-corrected chi connectivity index (χ4v) is 3.34. The van der Waals surface area contributed by atoms with E-state index in [4.69, 9.17) is 46.4 Å². The lowest BCUT2D eigenvalue weighted by Gasteiger charge is -2.25. The Morgan fingerprint density at radius 3 is 1.96 bits per heavy atom. The Morgan fingerprint density at radius 2 is 1.42 bits per heavy atom. The van der Waals surface area contributed by atoms with Gasteiger partial charge < -0.3 is 5.32 Å². The van der Waals surface area contributed by atoms with Crippen LogP contribution in [0.4, 0.5) is 0 Å². The molecule has 1 saturated heterocycles. The lowest BCUT2D eigenvalue weighted by molar-refractivity contribution is -0.112. The molecule has 2 nitrogen and oxygen atoms in total. The molecule has 134 valence electrons. The number of nitrogens with one attached hydrogen (secondary N) is 1. The first kappa shape index (κ1) is 19.5. The minimum Gasteiger partial charge on any atom is -0.306 e. The molecule has 1 N–H and O–H groups in total. The molecular formula is C20H15Cl4NO. The van der Waals surface area contributed by atoms with Gasteiger partial charge in [-0.25, -0.2) is 0 Å². The van der Waals surface area contributed by atoms with Gasteiger partial charge in [0.2, 0.25) is 0 Å². The van der Waals surface area contributed by atoms with Gasteiger partial charge in [0.1, 0.15) is 0 Å². The lowest BCUT2D eigenvalue weighted by Crippen LogP contribution is -2.40. The van der Waals surface area contributed by atoms with Crippen molar-refractivity contribution in [2.45, 2.75) is 13.0 Å². The van der Waals surface area contributed by atoms with Crippen LogP contribution < -0.4 is 5.32 Å². The van der Waals surface area contributed by atoms with E-state index >= 15 is 0 Å². The van der Waals surface area contributed by atoms with Gasteiger partial charge in [-0.15, -0.1) is 0 Å². The molecule has 0 aliphatic carbocycles. The van der Waals surface area contributed by atoms with E-state index in [0.717, 1.165) is 11.1 Å². The van der Waals surface area contributed by atoms with Crippen molar-refractivity contribution in [3.8, 4) is 0 Å². The summed E-state index contributed by atoms with van der Waals surface area (Å²) in [4.78, 5) is 13.0. The molecule has 0 spiro atoms. The van der Waals surface area contributed by atoms with Gasteiger partial charge in [-0.05, 0) is 54.5 Å². The van der Waals surface area contributed by atoms with Crippen LogP contribution in [0.3, 0.4) is 0 Å². The van der Waals surface area contributed by atoms with E-state index in [-0.39, 0.29) is 11.8 Å². The van der Waals surface area contributed by atoms with Gasteiger partial charge in [0.05, 0.1) is 20.1 Å². The van der Waals surface area contributed by atoms with Crippen molar-refractivity contribution in [3.63, 3.8) is 0 Å². The molecular weight excluding hydrogens is 412 g/mol. The molecule has 1 atom stereocenters. The average molecular weight is 427 g/mol. The van der Waals surface area contributed by atoms with Gasteiger partial charge in [0, 0.05) is 23.7 Å². The van der Waals surface area contributed by atoms with Gasteiger partial charge in [-0.3, -0.25) is 4.79 Å². The van der Waals surface area contributed by atoms with Gasteiger partial charge in [-0.1, -0.05) is 58.5 Å². The number of hydrogen-bond donors (Lipinski definition) is 1. The van der Waals surface area contributed by atoms with Crippen LogP contribution in [0.5, 0.6) is 0 Å². The van der Waals surface area contributed by atoms with Crippen molar-refractivity contribution in [1.82, 2.24) is 5.32 Å². The van der Waals surface area contributed by atoms with Crippen LogP contribution >= 0.6 is 46.4 Å². The second-order valence-electron chi connectivity index (χ2n) is 6.05.